The van der Waals surface area contributed by atoms with E-state index in [1.54, 1.807) is 0 Å². The molecule has 0 bridgehead atoms. The summed E-state index contributed by atoms with van der Waals surface area (Å²) in [7, 11) is -7.19. The Kier molecular flexibility index (Phi) is 4.87. The predicted molar refractivity (Wildman–Crippen MR) is 79.8 cm³/mol. The summed E-state index contributed by atoms with van der Waals surface area (Å²) in [4.78, 5) is -0.234. The Morgan fingerprint density at radius 1 is 1.33 bits per heavy atom. The first-order valence-electron chi connectivity index (χ1n) is 5.97. The smallest absolute Gasteiger partial charge is 0.242 e. The van der Waals surface area contributed by atoms with Gasteiger partial charge in [-0.05, 0) is 18.6 Å². The fourth-order valence-electron chi connectivity index (χ4n) is 2.10. The molecule has 0 radical (unpaired) electrons. The van der Waals surface area contributed by atoms with Crippen LogP contribution in [0.2, 0.25) is 10.0 Å². The van der Waals surface area contributed by atoms with Gasteiger partial charge in [0, 0.05) is 16.6 Å². The number of nitrogens with one attached hydrogen (secondary N) is 1. The van der Waals surface area contributed by atoms with Crippen LogP contribution in [0.4, 0.5) is 0 Å². The monoisotopic (exact) mass is 373 g/mol. The van der Waals surface area contributed by atoms with Crippen molar-refractivity contribution in [2.75, 3.05) is 11.5 Å². The molecule has 2 N–H and O–H groups in total. The fourth-order valence-corrected chi connectivity index (χ4v) is 6.05. The molecular formula is C11H13Cl2NO5S2. The van der Waals surface area contributed by atoms with Gasteiger partial charge in [-0.2, -0.15) is 0 Å². The van der Waals surface area contributed by atoms with Gasteiger partial charge in [-0.1, -0.05) is 23.2 Å². The molecule has 1 heterocycles. The van der Waals surface area contributed by atoms with Gasteiger partial charge >= 0.3 is 0 Å². The van der Waals surface area contributed by atoms with Crippen LogP contribution in [0, 0.1) is 0 Å². The molecule has 0 spiro atoms. The number of rotatable bonds is 4. The van der Waals surface area contributed by atoms with Crippen molar-refractivity contribution in [1.29, 1.82) is 0 Å². The van der Waals surface area contributed by atoms with Gasteiger partial charge in [0.2, 0.25) is 10.0 Å². The summed E-state index contributed by atoms with van der Waals surface area (Å²) in [6.45, 7) is -0.501. The number of benzene rings is 1. The van der Waals surface area contributed by atoms with E-state index >= 15 is 0 Å². The molecule has 0 aromatic heterocycles. The number of halogens is 2. The van der Waals surface area contributed by atoms with E-state index in [-0.39, 0.29) is 38.4 Å². The van der Waals surface area contributed by atoms with Crippen molar-refractivity contribution in [3.8, 4) is 0 Å². The van der Waals surface area contributed by atoms with Crippen LogP contribution in [-0.4, -0.2) is 39.5 Å². The minimum Gasteiger partial charge on any atom is -0.392 e. The third-order valence-corrected chi connectivity index (χ3v) is 7.38. The number of sulfonamides is 1. The van der Waals surface area contributed by atoms with Crippen LogP contribution in [-0.2, 0) is 26.5 Å². The van der Waals surface area contributed by atoms with Gasteiger partial charge < -0.3 is 5.11 Å². The molecule has 10 heteroatoms. The van der Waals surface area contributed by atoms with E-state index in [9.17, 15) is 21.9 Å². The van der Waals surface area contributed by atoms with Crippen molar-refractivity contribution in [3.63, 3.8) is 0 Å². The molecule has 1 atom stereocenters. The van der Waals surface area contributed by atoms with E-state index in [1.165, 1.54) is 12.1 Å². The van der Waals surface area contributed by atoms with Crippen molar-refractivity contribution in [2.24, 2.45) is 0 Å². The molecule has 1 aliphatic rings. The van der Waals surface area contributed by atoms with Gasteiger partial charge in [-0.3, -0.25) is 0 Å². The van der Waals surface area contributed by atoms with Crippen LogP contribution >= 0.6 is 23.2 Å². The summed E-state index contributed by atoms with van der Waals surface area (Å²) in [6, 6.07) is 1.86. The molecule has 1 fully saturated rings. The molecular weight excluding hydrogens is 361 g/mol. The van der Waals surface area contributed by atoms with Crippen molar-refractivity contribution >= 4 is 43.1 Å². The zero-order chi connectivity index (χ0) is 15.8. The molecule has 1 aromatic carbocycles. The van der Waals surface area contributed by atoms with E-state index < -0.39 is 32.5 Å². The van der Waals surface area contributed by atoms with Crippen molar-refractivity contribution < 1.29 is 21.9 Å². The number of hydrogen-bond donors (Lipinski definition) is 2. The highest BCUT2D eigenvalue weighted by Gasteiger charge is 2.32. The second-order valence-corrected chi connectivity index (χ2v) is 9.41. The van der Waals surface area contributed by atoms with Gasteiger partial charge in [0.25, 0.3) is 0 Å². The van der Waals surface area contributed by atoms with Crippen LogP contribution in [0.25, 0.3) is 0 Å². The molecule has 1 saturated heterocycles. The summed E-state index contributed by atoms with van der Waals surface area (Å²) < 4.78 is 49.6. The molecule has 0 saturated carbocycles. The average molecular weight is 374 g/mol. The lowest BCUT2D eigenvalue weighted by atomic mass is 10.2. The van der Waals surface area contributed by atoms with Crippen LogP contribution < -0.4 is 4.72 Å². The van der Waals surface area contributed by atoms with E-state index in [2.05, 4.69) is 4.72 Å². The second kappa shape index (κ2) is 6.02. The van der Waals surface area contributed by atoms with Gasteiger partial charge in [0.05, 0.1) is 23.1 Å². The first kappa shape index (κ1) is 17.0. The first-order valence-corrected chi connectivity index (χ1v) is 10.0. The maximum Gasteiger partial charge on any atom is 0.242 e. The summed E-state index contributed by atoms with van der Waals surface area (Å²) >= 11 is 11.8. The topological polar surface area (TPSA) is 101 Å². The Morgan fingerprint density at radius 3 is 2.52 bits per heavy atom. The third kappa shape index (κ3) is 3.69. The Morgan fingerprint density at radius 2 is 2.00 bits per heavy atom. The van der Waals surface area contributed by atoms with E-state index in [1.807, 2.05) is 0 Å². The van der Waals surface area contributed by atoms with Crippen LogP contribution in [0.3, 0.4) is 0 Å². The Bertz CT molecular complexity index is 761. The van der Waals surface area contributed by atoms with Crippen molar-refractivity contribution in [1.82, 2.24) is 4.72 Å². The second-order valence-electron chi connectivity index (χ2n) is 4.72. The van der Waals surface area contributed by atoms with Gasteiger partial charge in [0.1, 0.15) is 4.90 Å². The minimum absolute atomic E-state index is 0.0452. The largest absolute Gasteiger partial charge is 0.392 e. The lowest BCUT2D eigenvalue weighted by Gasteiger charge is -2.14. The van der Waals surface area contributed by atoms with Crippen LogP contribution in [0.1, 0.15) is 12.0 Å². The molecule has 118 valence electrons. The predicted octanol–water partition coefficient (Wildman–Crippen LogP) is 0.951. The highest BCUT2D eigenvalue weighted by molar-refractivity contribution is 7.92. The molecule has 1 unspecified atom stereocenters. The van der Waals surface area contributed by atoms with E-state index in [0.717, 1.165) is 0 Å². The highest BCUT2D eigenvalue weighted by Crippen LogP contribution is 2.31. The minimum atomic E-state index is -3.99. The first-order chi connectivity index (χ1) is 9.66. The lowest BCUT2D eigenvalue weighted by molar-refractivity contribution is 0.281. The Hall–Kier alpha value is -0.380. The number of aliphatic hydroxyl groups excluding tert-OH is 1. The molecule has 1 aromatic rings. The molecule has 0 amide bonds. The maximum atomic E-state index is 12.3. The average Bonchev–Trinajstić information content (AvgIpc) is 2.68. The summed E-state index contributed by atoms with van der Waals surface area (Å²) in [5.41, 5.74) is 0.111. The molecule has 1 aliphatic heterocycles. The lowest BCUT2D eigenvalue weighted by Crippen LogP contribution is -2.35. The summed E-state index contributed by atoms with van der Waals surface area (Å²) in [5.74, 6) is -0.277. The maximum absolute atomic E-state index is 12.3. The normalized spacial score (nSPS) is 21.6. The Balaban J connectivity index is 2.33. The number of hydrogen-bond acceptors (Lipinski definition) is 5. The van der Waals surface area contributed by atoms with Crippen LogP contribution in [0.15, 0.2) is 17.0 Å². The quantitative estimate of drug-likeness (QED) is 0.817. The van der Waals surface area contributed by atoms with Gasteiger partial charge in [-0.15, -0.1) is 0 Å². The van der Waals surface area contributed by atoms with Gasteiger partial charge in [0.15, 0.2) is 9.84 Å². The third-order valence-electron chi connectivity index (χ3n) is 3.15. The van der Waals surface area contributed by atoms with E-state index in [4.69, 9.17) is 23.2 Å². The number of aliphatic hydroxyl groups is 1. The molecule has 6 nitrogen and oxygen atoms in total. The van der Waals surface area contributed by atoms with E-state index in [0.29, 0.717) is 0 Å². The summed E-state index contributed by atoms with van der Waals surface area (Å²) in [6.07, 6.45) is 0.222. The SMILES string of the molecule is O=S1(=O)CCC(NS(=O)(=O)c2ccc(Cl)c(CO)c2Cl)C1. The highest BCUT2D eigenvalue weighted by atomic mass is 35.5. The fraction of sp³-hybridized carbons (Fsp3) is 0.455. The van der Waals surface area contributed by atoms with Crippen molar-refractivity contribution in [2.45, 2.75) is 24.0 Å². The summed E-state index contributed by atoms with van der Waals surface area (Å²) in [5, 5.41) is 9.17. The Labute approximate surface area is 133 Å². The molecule has 21 heavy (non-hydrogen) atoms. The standard InChI is InChI=1S/C11H13Cl2NO5S2/c12-9-1-2-10(11(13)8(9)5-15)21(18,19)14-7-3-4-20(16,17)6-7/h1-2,7,14-15H,3-6H2. The van der Waals surface area contributed by atoms with Crippen LogP contribution in [0.5, 0.6) is 0 Å². The zero-order valence-electron chi connectivity index (χ0n) is 10.7. The van der Waals surface area contributed by atoms with Gasteiger partial charge in [-0.25, -0.2) is 21.6 Å². The molecule has 0 aliphatic carbocycles. The van der Waals surface area contributed by atoms with Crippen molar-refractivity contribution in [3.05, 3.63) is 27.7 Å². The zero-order valence-corrected chi connectivity index (χ0v) is 13.9. The number of sulfone groups is 1. The molecule has 2 rings (SSSR count).